The van der Waals surface area contributed by atoms with Gasteiger partial charge in [-0.1, -0.05) is 6.07 Å². The van der Waals surface area contributed by atoms with Crippen LogP contribution in [0.1, 0.15) is 25.3 Å². The maximum Gasteiger partial charge on any atom is 0.246 e. The summed E-state index contributed by atoms with van der Waals surface area (Å²) < 4.78 is 37.9. The molecule has 0 aliphatic carbocycles. The maximum absolute atomic E-state index is 13.1. The van der Waals surface area contributed by atoms with Crippen LogP contribution in [0.3, 0.4) is 0 Å². The van der Waals surface area contributed by atoms with Gasteiger partial charge < -0.3 is 14.8 Å². The predicted molar refractivity (Wildman–Crippen MR) is 98.7 cm³/mol. The molecule has 1 fully saturated rings. The molecule has 1 saturated heterocycles. The Balaban J connectivity index is 2.18. The van der Waals surface area contributed by atoms with E-state index >= 15 is 0 Å². The smallest absolute Gasteiger partial charge is 0.246 e. The highest BCUT2D eigenvalue weighted by Crippen LogP contribution is 2.30. The van der Waals surface area contributed by atoms with Crippen molar-refractivity contribution in [1.29, 1.82) is 0 Å². The molecule has 8 heteroatoms. The molecule has 0 saturated carbocycles. The third kappa shape index (κ3) is 4.75. The quantitative estimate of drug-likeness (QED) is 0.771. The largest absolute Gasteiger partial charge is 0.495 e. The van der Waals surface area contributed by atoms with Crippen molar-refractivity contribution in [2.24, 2.45) is 5.92 Å². The predicted octanol–water partition coefficient (Wildman–Crippen LogP) is 1.56. The zero-order valence-corrected chi connectivity index (χ0v) is 16.6. The van der Waals surface area contributed by atoms with Crippen molar-refractivity contribution in [3.63, 3.8) is 0 Å². The third-order valence-electron chi connectivity index (χ3n) is 4.50. The van der Waals surface area contributed by atoms with Gasteiger partial charge in [0.2, 0.25) is 15.9 Å². The Kier molecular flexibility index (Phi) is 7.02. The van der Waals surface area contributed by atoms with Crippen LogP contribution in [0.25, 0.3) is 0 Å². The van der Waals surface area contributed by atoms with Crippen LogP contribution in [-0.4, -0.2) is 58.6 Å². The Morgan fingerprint density at radius 1 is 1.38 bits per heavy atom. The summed E-state index contributed by atoms with van der Waals surface area (Å²) in [6.07, 6.45) is 1.31. The van der Waals surface area contributed by atoms with Gasteiger partial charge in [-0.25, -0.2) is 8.42 Å². The van der Waals surface area contributed by atoms with Crippen LogP contribution in [0.2, 0.25) is 0 Å². The average Bonchev–Trinajstić information content (AvgIpc) is 2.62. The summed E-state index contributed by atoms with van der Waals surface area (Å²) in [7, 11) is -0.701. The number of sulfonamides is 1. The van der Waals surface area contributed by atoms with Gasteiger partial charge in [-0.15, -0.1) is 0 Å². The fourth-order valence-electron chi connectivity index (χ4n) is 3.15. The number of benzene rings is 1. The highest BCUT2D eigenvalue weighted by Gasteiger charge is 2.35. The molecule has 1 aliphatic rings. The zero-order valence-electron chi connectivity index (χ0n) is 15.8. The average molecular weight is 384 g/mol. The van der Waals surface area contributed by atoms with Crippen LogP contribution in [0.4, 0.5) is 0 Å². The molecule has 1 aliphatic heterocycles. The number of ether oxygens (including phenoxy) is 2. The van der Waals surface area contributed by atoms with Gasteiger partial charge in [0.1, 0.15) is 10.6 Å². The summed E-state index contributed by atoms with van der Waals surface area (Å²) in [4.78, 5) is 12.6. The number of methoxy groups -OCH3 is 2. The highest BCUT2D eigenvalue weighted by atomic mass is 32.2. The first-order chi connectivity index (χ1) is 12.3. The molecule has 1 aromatic carbocycles. The van der Waals surface area contributed by atoms with E-state index in [-0.39, 0.29) is 29.3 Å². The van der Waals surface area contributed by atoms with Crippen LogP contribution >= 0.6 is 0 Å². The van der Waals surface area contributed by atoms with Gasteiger partial charge in [0, 0.05) is 26.2 Å². The molecule has 1 amide bonds. The van der Waals surface area contributed by atoms with E-state index < -0.39 is 10.0 Å². The van der Waals surface area contributed by atoms with Gasteiger partial charge in [0.25, 0.3) is 0 Å². The number of carbonyl (C=O) groups is 1. The molecule has 26 heavy (non-hydrogen) atoms. The van der Waals surface area contributed by atoms with Crippen molar-refractivity contribution in [3.05, 3.63) is 23.8 Å². The molecule has 1 heterocycles. The van der Waals surface area contributed by atoms with Crippen molar-refractivity contribution in [1.82, 2.24) is 9.62 Å². The second kappa shape index (κ2) is 8.83. The standard InChI is InChI=1S/C18H28N2O5S/c1-13-7-8-16(25-4)17(10-13)26(22,23)20-9-5-6-15(11-20)18(21)19-14(2)12-24-3/h7-8,10,14-15H,5-6,9,11-12H2,1-4H3,(H,19,21)/t14-,15+/m1/s1. The lowest BCUT2D eigenvalue weighted by Crippen LogP contribution is -2.47. The summed E-state index contributed by atoms with van der Waals surface area (Å²) in [6.45, 7) is 4.68. The van der Waals surface area contributed by atoms with Crippen LogP contribution in [0, 0.1) is 12.8 Å². The normalized spacial score (nSPS) is 19.8. The number of hydrogen-bond donors (Lipinski definition) is 1. The van der Waals surface area contributed by atoms with Crippen molar-refractivity contribution < 1.29 is 22.7 Å². The van der Waals surface area contributed by atoms with E-state index in [2.05, 4.69) is 5.32 Å². The lowest BCUT2D eigenvalue weighted by Gasteiger charge is -2.32. The van der Waals surface area contributed by atoms with E-state index in [0.29, 0.717) is 31.7 Å². The van der Waals surface area contributed by atoms with E-state index in [0.717, 1.165) is 5.56 Å². The minimum Gasteiger partial charge on any atom is -0.495 e. The lowest BCUT2D eigenvalue weighted by molar-refractivity contribution is -0.127. The summed E-state index contributed by atoms with van der Waals surface area (Å²) in [5.74, 6) is -0.185. The van der Waals surface area contributed by atoms with Crippen LogP contribution in [-0.2, 0) is 19.6 Å². The zero-order chi connectivity index (χ0) is 19.3. The van der Waals surface area contributed by atoms with Gasteiger partial charge in [-0.05, 0) is 44.4 Å². The first-order valence-electron chi connectivity index (χ1n) is 8.73. The molecule has 2 rings (SSSR count). The molecular weight excluding hydrogens is 356 g/mol. The fraction of sp³-hybridized carbons (Fsp3) is 0.611. The molecule has 146 valence electrons. The summed E-state index contributed by atoms with van der Waals surface area (Å²) in [5.41, 5.74) is 0.837. The highest BCUT2D eigenvalue weighted by molar-refractivity contribution is 7.89. The number of rotatable bonds is 7. The Bertz CT molecular complexity index is 735. The molecule has 2 atom stereocenters. The summed E-state index contributed by atoms with van der Waals surface area (Å²) >= 11 is 0. The minimum absolute atomic E-state index is 0.114. The Morgan fingerprint density at radius 3 is 2.77 bits per heavy atom. The molecule has 1 N–H and O–H groups in total. The van der Waals surface area contributed by atoms with Crippen LogP contribution < -0.4 is 10.1 Å². The van der Waals surface area contributed by atoms with Crippen molar-refractivity contribution in [2.45, 2.75) is 37.6 Å². The first kappa shape index (κ1) is 20.7. The number of piperidine rings is 1. The van der Waals surface area contributed by atoms with Crippen LogP contribution in [0.5, 0.6) is 5.75 Å². The third-order valence-corrected chi connectivity index (χ3v) is 6.38. The van der Waals surface area contributed by atoms with E-state index in [1.807, 2.05) is 19.9 Å². The van der Waals surface area contributed by atoms with Crippen molar-refractivity contribution >= 4 is 15.9 Å². The van der Waals surface area contributed by atoms with Gasteiger partial charge in [0.15, 0.2) is 0 Å². The number of nitrogens with zero attached hydrogens (tertiary/aromatic N) is 1. The van der Waals surface area contributed by atoms with Crippen LogP contribution in [0.15, 0.2) is 23.1 Å². The fourth-order valence-corrected chi connectivity index (χ4v) is 4.92. The second-order valence-corrected chi connectivity index (χ2v) is 8.63. The summed E-state index contributed by atoms with van der Waals surface area (Å²) in [6, 6.07) is 4.96. The van der Waals surface area contributed by atoms with Crippen molar-refractivity contribution in [2.75, 3.05) is 33.9 Å². The molecule has 7 nitrogen and oxygen atoms in total. The van der Waals surface area contributed by atoms with Gasteiger partial charge in [-0.3, -0.25) is 4.79 Å². The number of hydrogen-bond acceptors (Lipinski definition) is 5. The molecule has 0 radical (unpaired) electrons. The van der Waals surface area contributed by atoms with E-state index in [9.17, 15) is 13.2 Å². The second-order valence-electron chi connectivity index (χ2n) is 6.72. The van der Waals surface area contributed by atoms with E-state index in [4.69, 9.17) is 9.47 Å². The molecule has 0 bridgehead atoms. The number of carbonyl (C=O) groups excluding carboxylic acids is 1. The summed E-state index contributed by atoms with van der Waals surface area (Å²) in [5, 5.41) is 2.88. The topological polar surface area (TPSA) is 84.9 Å². The minimum atomic E-state index is -3.73. The molecule has 0 aromatic heterocycles. The van der Waals surface area contributed by atoms with E-state index in [1.54, 1.807) is 19.2 Å². The Labute approximate surface area is 155 Å². The molecule has 1 aromatic rings. The Morgan fingerprint density at radius 2 is 2.12 bits per heavy atom. The van der Waals surface area contributed by atoms with Gasteiger partial charge >= 0.3 is 0 Å². The lowest BCUT2D eigenvalue weighted by atomic mass is 9.98. The maximum atomic E-state index is 13.1. The van der Waals surface area contributed by atoms with E-state index in [1.165, 1.54) is 11.4 Å². The van der Waals surface area contributed by atoms with Gasteiger partial charge in [-0.2, -0.15) is 4.31 Å². The number of amides is 1. The van der Waals surface area contributed by atoms with Crippen molar-refractivity contribution in [3.8, 4) is 5.75 Å². The van der Waals surface area contributed by atoms with Gasteiger partial charge in [0.05, 0.1) is 19.6 Å². The number of aryl methyl sites for hydroxylation is 1. The SMILES string of the molecule is COC[C@@H](C)NC(=O)[C@H]1CCCN(S(=O)(=O)c2cc(C)ccc2OC)C1. The first-order valence-corrected chi connectivity index (χ1v) is 10.2. The molecule has 0 spiro atoms. The molecule has 0 unspecified atom stereocenters. The molecular formula is C18H28N2O5S. The Hall–Kier alpha value is -1.64. The monoisotopic (exact) mass is 384 g/mol. The number of nitrogens with one attached hydrogen (secondary N) is 1.